The standard InChI is InChI=1S/C47H42Cl2FN7O6/c48-27-14-16-32-35(23-27)54-45(63)47(32)38(30-12-8-13-33(49)39(30)50)40(56-46(47)20-4-2-5-21-46)43(61)53-28-15-17-34(52-24-28)41(59)51-22-6-1-3-9-26-10-7-11-29-31(26)25-57(44(29)62)36-18-19-37(58)55-42(36)60/h7-8,10-17,23-24,36,38,40,56H,1-2,4-6,18-22,25H2,(H,51,59)(H,53,61)(H,54,63)(H,55,58,60)/t36?,38-,40+,47+/m0/s1. The number of nitrogens with zero attached hydrogens (tertiary/aromatic N) is 2. The van der Waals surface area contributed by atoms with Crippen LogP contribution in [0.4, 0.5) is 15.8 Å². The molecular weight excluding hydrogens is 848 g/mol. The minimum Gasteiger partial charge on any atom is -0.351 e. The van der Waals surface area contributed by atoms with Gasteiger partial charge in [-0.15, -0.1) is 0 Å². The number of aromatic nitrogens is 1. The van der Waals surface area contributed by atoms with Crippen LogP contribution < -0.4 is 26.6 Å². The zero-order valence-corrected chi connectivity index (χ0v) is 35.4. The van der Waals surface area contributed by atoms with Crippen LogP contribution in [0.15, 0.2) is 72.9 Å². The summed E-state index contributed by atoms with van der Waals surface area (Å²) in [5.74, 6) is 2.18. The van der Waals surface area contributed by atoms with Crippen LogP contribution in [0.5, 0.6) is 0 Å². The molecule has 1 aromatic heterocycles. The summed E-state index contributed by atoms with van der Waals surface area (Å²) in [6.07, 6.45) is 6.52. The average molecular weight is 891 g/mol. The van der Waals surface area contributed by atoms with Gasteiger partial charge in [-0.1, -0.05) is 78.6 Å². The molecule has 4 aliphatic heterocycles. The Balaban J connectivity index is 0.860. The molecule has 1 saturated carbocycles. The second kappa shape index (κ2) is 16.9. The summed E-state index contributed by atoms with van der Waals surface area (Å²) < 4.78 is 16.2. The highest BCUT2D eigenvalue weighted by atomic mass is 35.5. The van der Waals surface area contributed by atoms with Gasteiger partial charge in [0.1, 0.15) is 23.0 Å². The lowest BCUT2D eigenvalue weighted by atomic mass is 9.55. The van der Waals surface area contributed by atoms with E-state index in [-0.39, 0.29) is 53.4 Å². The summed E-state index contributed by atoms with van der Waals surface area (Å²) in [5, 5.41) is 15.0. The molecule has 1 unspecified atom stereocenters. The summed E-state index contributed by atoms with van der Waals surface area (Å²) in [7, 11) is 0. The fourth-order valence-corrected chi connectivity index (χ4v) is 10.7. The van der Waals surface area contributed by atoms with Crippen molar-refractivity contribution in [3.63, 3.8) is 0 Å². The number of anilines is 2. The van der Waals surface area contributed by atoms with Crippen molar-refractivity contribution in [1.82, 2.24) is 25.8 Å². The molecule has 0 bridgehead atoms. The molecule has 5 heterocycles. The number of fused-ring (bicyclic) bond motifs is 4. The Kier molecular flexibility index (Phi) is 11.3. The third-order valence-corrected chi connectivity index (χ3v) is 13.7. The highest BCUT2D eigenvalue weighted by Crippen LogP contribution is 2.63. The number of hydrogen-bond donors (Lipinski definition) is 5. The van der Waals surface area contributed by atoms with E-state index in [1.165, 1.54) is 23.2 Å². The largest absolute Gasteiger partial charge is 0.351 e. The summed E-state index contributed by atoms with van der Waals surface area (Å²) in [4.78, 5) is 85.1. The molecule has 5 N–H and O–H groups in total. The minimum atomic E-state index is -1.38. The number of halogens is 3. The number of piperidine rings is 1. The molecule has 2 spiro atoms. The maximum Gasteiger partial charge on any atom is 0.269 e. The number of hydrogen-bond acceptors (Lipinski definition) is 8. The number of benzene rings is 3. The molecule has 6 amide bonds. The maximum absolute atomic E-state index is 16.2. The predicted molar refractivity (Wildman–Crippen MR) is 232 cm³/mol. The predicted octanol–water partition coefficient (Wildman–Crippen LogP) is 6.14. The summed E-state index contributed by atoms with van der Waals surface area (Å²) in [6, 6.07) is 16.4. The highest BCUT2D eigenvalue weighted by Gasteiger charge is 2.72. The first kappa shape index (κ1) is 42.2. The van der Waals surface area contributed by atoms with Crippen LogP contribution in [0.3, 0.4) is 0 Å². The molecule has 1 aliphatic carbocycles. The first-order valence-electron chi connectivity index (χ1n) is 21.1. The number of carbonyl (C=O) groups excluding carboxylic acids is 6. The van der Waals surface area contributed by atoms with E-state index < -0.39 is 52.5 Å². The topological polar surface area (TPSA) is 179 Å². The van der Waals surface area contributed by atoms with Crippen molar-refractivity contribution in [2.45, 2.75) is 93.3 Å². The molecule has 9 rings (SSSR count). The van der Waals surface area contributed by atoms with Crippen molar-refractivity contribution >= 4 is 70.0 Å². The zero-order chi connectivity index (χ0) is 44.0. The van der Waals surface area contributed by atoms with E-state index in [9.17, 15) is 28.8 Å². The van der Waals surface area contributed by atoms with Gasteiger partial charge < -0.3 is 20.9 Å². The zero-order valence-electron chi connectivity index (χ0n) is 33.9. The number of imide groups is 1. The smallest absolute Gasteiger partial charge is 0.269 e. The van der Waals surface area contributed by atoms with E-state index in [1.807, 2.05) is 6.07 Å². The first-order valence-corrected chi connectivity index (χ1v) is 21.8. The van der Waals surface area contributed by atoms with Crippen LogP contribution in [0, 0.1) is 17.7 Å². The number of nitrogens with one attached hydrogen (secondary N) is 5. The van der Waals surface area contributed by atoms with Crippen LogP contribution >= 0.6 is 23.2 Å². The Labute approximate surface area is 372 Å². The van der Waals surface area contributed by atoms with Crippen molar-refractivity contribution in [2.75, 3.05) is 17.2 Å². The molecule has 5 aliphatic rings. The van der Waals surface area contributed by atoms with E-state index >= 15 is 4.39 Å². The summed E-state index contributed by atoms with van der Waals surface area (Å²) in [6.45, 7) is 0.534. The molecule has 4 atom stereocenters. The van der Waals surface area contributed by atoms with Gasteiger partial charge in [0.15, 0.2) is 0 Å². The van der Waals surface area contributed by atoms with Crippen LogP contribution in [0.2, 0.25) is 10.0 Å². The van der Waals surface area contributed by atoms with Gasteiger partial charge in [0.25, 0.3) is 11.8 Å². The third-order valence-electron chi connectivity index (χ3n) is 13.1. The van der Waals surface area contributed by atoms with E-state index in [4.69, 9.17) is 23.2 Å². The van der Waals surface area contributed by atoms with Gasteiger partial charge in [-0.3, -0.25) is 39.4 Å². The second-order valence-electron chi connectivity index (χ2n) is 16.7. The Morgan fingerprint density at radius 2 is 1.78 bits per heavy atom. The van der Waals surface area contributed by atoms with E-state index in [1.54, 1.807) is 48.5 Å². The fourth-order valence-electron chi connectivity index (χ4n) is 10.4. The van der Waals surface area contributed by atoms with E-state index in [2.05, 4.69) is 43.4 Å². The number of carbonyl (C=O) groups is 6. The average Bonchev–Trinajstić information content (AvgIpc) is 3.87. The molecule has 13 nitrogen and oxygen atoms in total. The Morgan fingerprint density at radius 1 is 0.968 bits per heavy atom. The van der Waals surface area contributed by atoms with Crippen molar-refractivity contribution in [2.24, 2.45) is 0 Å². The minimum absolute atomic E-state index is 0.123. The van der Waals surface area contributed by atoms with Gasteiger partial charge in [-0.05, 0) is 84.8 Å². The lowest BCUT2D eigenvalue weighted by Crippen LogP contribution is -2.60. The van der Waals surface area contributed by atoms with Gasteiger partial charge in [0, 0.05) is 59.2 Å². The van der Waals surface area contributed by atoms with Gasteiger partial charge in [-0.2, -0.15) is 0 Å². The lowest BCUT2D eigenvalue weighted by molar-refractivity contribution is -0.137. The summed E-state index contributed by atoms with van der Waals surface area (Å²) >= 11 is 12.7. The second-order valence-corrected chi connectivity index (χ2v) is 17.5. The van der Waals surface area contributed by atoms with Gasteiger partial charge >= 0.3 is 0 Å². The van der Waals surface area contributed by atoms with Crippen LogP contribution in [-0.2, 0) is 31.1 Å². The van der Waals surface area contributed by atoms with Gasteiger partial charge in [0.05, 0.1) is 22.9 Å². The molecule has 322 valence electrons. The molecule has 63 heavy (non-hydrogen) atoms. The monoisotopic (exact) mass is 889 g/mol. The van der Waals surface area contributed by atoms with Crippen molar-refractivity contribution < 1.29 is 33.2 Å². The van der Waals surface area contributed by atoms with Gasteiger partial charge in [0.2, 0.25) is 23.6 Å². The molecule has 3 fully saturated rings. The third kappa shape index (κ3) is 7.31. The Hall–Kier alpha value is -6.14. The molecular formula is C47H42Cl2FN7O6. The number of rotatable bonds is 8. The first-order chi connectivity index (χ1) is 30.4. The van der Waals surface area contributed by atoms with Crippen LogP contribution in [0.25, 0.3) is 0 Å². The number of amides is 6. The normalized spacial score (nSPS) is 23.2. The van der Waals surface area contributed by atoms with Gasteiger partial charge in [-0.25, -0.2) is 9.37 Å². The molecule has 4 aromatic rings. The maximum atomic E-state index is 16.2. The molecule has 0 radical (unpaired) electrons. The number of unbranched alkanes of at least 4 members (excludes halogenated alkanes) is 1. The van der Waals surface area contributed by atoms with Crippen molar-refractivity contribution in [3.8, 4) is 11.8 Å². The van der Waals surface area contributed by atoms with E-state index in [0.29, 0.717) is 65.3 Å². The fraction of sp³-hybridized carbons (Fsp3) is 0.340. The van der Waals surface area contributed by atoms with Crippen molar-refractivity contribution in [3.05, 3.63) is 122 Å². The Bertz CT molecular complexity index is 2660. The van der Waals surface area contributed by atoms with Crippen LogP contribution in [-0.4, -0.2) is 69.5 Å². The van der Waals surface area contributed by atoms with Crippen molar-refractivity contribution in [1.29, 1.82) is 0 Å². The SMILES string of the molecule is O=C1CCC(N2Cc3c(C#CCCCNC(=O)c4ccc(NC(=O)[C@@H]5NC6(CCCCC6)[C@@]6(C(=O)Nc7cc(Cl)ccc76)[C@H]5c5cccc(Cl)c5F)cn4)cccc3C2=O)C(=O)N1. The number of pyridine rings is 1. The quantitative estimate of drug-likeness (QED) is 0.0796. The Morgan fingerprint density at radius 3 is 2.56 bits per heavy atom. The molecule has 16 heteroatoms. The van der Waals surface area contributed by atoms with Crippen LogP contribution in [0.1, 0.15) is 107 Å². The highest BCUT2D eigenvalue weighted by molar-refractivity contribution is 6.31. The van der Waals surface area contributed by atoms with E-state index in [0.717, 1.165) is 24.8 Å². The molecule has 2 saturated heterocycles. The summed E-state index contributed by atoms with van der Waals surface area (Å²) in [5.41, 5.74) is 1.37. The molecule has 3 aromatic carbocycles. The lowest BCUT2D eigenvalue weighted by Gasteiger charge is -2.47.